The van der Waals surface area contributed by atoms with Gasteiger partial charge in [-0.3, -0.25) is 14.9 Å². The van der Waals surface area contributed by atoms with Crippen molar-refractivity contribution in [2.75, 3.05) is 5.06 Å². The van der Waals surface area contributed by atoms with E-state index in [1.165, 1.54) is 12.1 Å². The van der Waals surface area contributed by atoms with Crippen molar-refractivity contribution in [2.24, 2.45) is 0 Å². The van der Waals surface area contributed by atoms with Crippen LogP contribution in [0.3, 0.4) is 0 Å². The van der Waals surface area contributed by atoms with Gasteiger partial charge in [0.1, 0.15) is 4.92 Å². The van der Waals surface area contributed by atoms with Gasteiger partial charge in [0.2, 0.25) is 5.88 Å². The van der Waals surface area contributed by atoms with Crippen molar-refractivity contribution in [3.05, 3.63) is 51.6 Å². The van der Waals surface area contributed by atoms with E-state index >= 15 is 0 Å². The van der Waals surface area contributed by atoms with E-state index < -0.39 is 10.8 Å². The van der Waals surface area contributed by atoms with Gasteiger partial charge in [0.15, 0.2) is 5.75 Å². The number of rotatable bonds is 2. The third-order valence-electron chi connectivity index (χ3n) is 2.93. The van der Waals surface area contributed by atoms with Crippen LogP contribution in [0.1, 0.15) is 11.1 Å². The van der Waals surface area contributed by atoms with E-state index in [-0.39, 0.29) is 18.2 Å². The Labute approximate surface area is 113 Å². The average Bonchev–Trinajstić information content (AvgIpc) is 2.87. The van der Waals surface area contributed by atoms with Crippen molar-refractivity contribution >= 4 is 17.7 Å². The van der Waals surface area contributed by atoms with Crippen LogP contribution in [0.5, 0.6) is 5.75 Å². The molecule has 0 aliphatic carbocycles. The molecule has 7 heteroatoms. The molecule has 20 heavy (non-hydrogen) atoms. The fourth-order valence-electron chi connectivity index (χ4n) is 2.01. The Morgan fingerprint density at radius 3 is 2.80 bits per heavy atom. The molecular formula is C13H10N2O5. The predicted molar refractivity (Wildman–Crippen MR) is 68.4 cm³/mol. The van der Waals surface area contributed by atoms with Crippen LogP contribution < -0.4 is 9.90 Å². The van der Waals surface area contributed by atoms with Crippen molar-refractivity contribution in [1.29, 1.82) is 0 Å². The molecular weight excluding hydrogens is 264 g/mol. The quantitative estimate of drug-likeness (QED) is 0.620. The van der Waals surface area contributed by atoms with Gasteiger partial charge in [-0.15, -0.1) is 5.06 Å². The number of hydroxylamine groups is 1. The lowest BCUT2D eigenvalue weighted by molar-refractivity contribution is -0.401. The highest BCUT2D eigenvalue weighted by atomic mass is 16.7. The molecule has 0 bridgehead atoms. The zero-order valence-corrected chi connectivity index (χ0v) is 10.5. The summed E-state index contributed by atoms with van der Waals surface area (Å²) in [6, 6.07) is 7.99. The summed E-state index contributed by atoms with van der Waals surface area (Å²) in [6.07, 6.45) is 0.158. The minimum absolute atomic E-state index is 0.00655. The van der Waals surface area contributed by atoms with E-state index in [2.05, 4.69) is 0 Å². The molecule has 1 aromatic carbocycles. The molecule has 1 aliphatic heterocycles. The molecule has 1 aromatic heterocycles. The number of amides is 1. The second kappa shape index (κ2) is 4.37. The van der Waals surface area contributed by atoms with E-state index in [0.29, 0.717) is 5.75 Å². The lowest BCUT2D eigenvalue weighted by Gasteiger charge is -2.25. The fourth-order valence-corrected chi connectivity index (χ4v) is 2.01. The van der Waals surface area contributed by atoms with Gasteiger partial charge in [-0.2, -0.15) is 0 Å². The monoisotopic (exact) mass is 274 g/mol. The molecule has 0 atom stereocenters. The highest BCUT2D eigenvalue weighted by Crippen LogP contribution is 2.31. The molecule has 0 unspecified atom stereocenters. The molecule has 2 aromatic rings. The van der Waals surface area contributed by atoms with Crippen molar-refractivity contribution in [2.45, 2.75) is 13.3 Å². The first-order valence-electron chi connectivity index (χ1n) is 5.89. The summed E-state index contributed by atoms with van der Waals surface area (Å²) in [4.78, 5) is 27.4. The minimum atomic E-state index is -0.671. The van der Waals surface area contributed by atoms with Crippen molar-refractivity contribution < 1.29 is 19.0 Å². The number of carbonyl (C=O) groups excluding carboxylic acids is 1. The summed E-state index contributed by atoms with van der Waals surface area (Å²) in [6.45, 7) is 1.92. The van der Waals surface area contributed by atoms with Crippen LogP contribution in [0, 0.1) is 17.0 Å². The Kier molecular flexibility index (Phi) is 2.67. The topological polar surface area (TPSA) is 85.8 Å². The van der Waals surface area contributed by atoms with E-state index in [0.717, 1.165) is 16.2 Å². The molecule has 0 saturated heterocycles. The summed E-state index contributed by atoms with van der Waals surface area (Å²) < 4.78 is 4.97. The maximum atomic E-state index is 12.0. The number of furan rings is 1. The molecule has 7 nitrogen and oxygen atoms in total. The highest BCUT2D eigenvalue weighted by Gasteiger charge is 2.30. The van der Waals surface area contributed by atoms with Gasteiger partial charge in [-0.05, 0) is 13.0 Å². The number of nitro groups is 1. The Morgan fingerprint density at radius 1 is 1.30 bits per heavy atom. The number of fused-ring (bicyclic) bond motifs is 1. The van der Waals surface area contributed by atoms with Crippen molar-refractivity contribution in [3.63, 3.8) is 0 Å². The zero-order chi connectivity index (χ0) is 14.3. The first kappa shape index (κ1) is 12.2. The van der Waals surface area contributed by atoms with Crippen LogP contribution in [-0.2, 0) is 11.2 Å². The number of hydrogen-bond acceptors (Lipinski definition) is 5. The summed E-state index contributed by atoms with van der Waals surface area (Å²) in [5.74, 6) is -0.249. The van der Waals surface area contributed by atoms with Crippen LogP contribution in [-0.4, -0.2) is 10.8 Å². The zero-order valence-electron chi connectivity index (χ0n) is 10.5. The molecule has 2 heterocycles. The maximum absolute atomic E-state index is 12.0. The van der Waals surface area contributed by atoms with Gasteiger partial charge in [0.05, 0.1) is 12.5 Å². The van der Waals surface area contributed by atoms with Crippen LogP contribution >= 0.6 is 0 Å². The summed E-state index contributed by atoms with van der Waals surface area (Å²) in [7, 11) is 0. The van der Waals surface area contributed by atoms with E-state index in [1.54, 1.807) is 6.07 Å². The van der Waals surface area contributed by atoms with Crippen LogP contribution in [0.25, 0.3) is 0 Å². The second-order valence-corrected chi connectivity index (χ2v) is 4.44. The van der Waals surface area contributed by atoms with E-state index in [9.17, 15) is 14.9 Å². The molecule has 0 N–H and O–H groups in total. The molecule has 0 radical (unpaired) electrons. The first-order chi connectivity index (χ1) is 9.54. The lowest BCUT2D eigenvalue weighted by atomic mass is 10.1. The molecule has 3 rings (SSSR count). The number of carbonyl (C=O) groups is 1. The third kappa shape index (κ3) is 1.99. The molecule has 0 fully saturated rings. The smallest absolute Gasteiger partial charge is 0.381 e. The SMILES string of the molecule is Cc1ccc2c(c1)CC(=O)N(c1ccc([N+](=O)[O-])o1)O2. The molecule has 0 saturated carbocycles. The van der Waals surface area contributed by atoms with Crippen LogP contribution in [0.15, 0.2) is 34.7 Å². The average molecular weight is 274 g/mol. The Morgan fingerprint density at radius 2 is 2.10 bits per heavy atom. The Balaban J connectivity index is 1.93. The van der Waals surface area contributed by atoms with Crippen LogP contribution in [0.4, 0.5) is 11.8 Å². The fraction of sp³-hybridized carbons (Fsp3) is 0.154. The number of benzene rings is 1. The molecule has 1 aliphatic rings. The third-order valence-corrected chi connectivity index (χ3v) is 2.93. The van der Waals surface area contributed by atoms with E-state index in [1.807, 2.05) is 19.1 Å². The maximum Gasteiger partial charge on any atom is 0.434 e. The summed E-state index contributed by atoms with van der Waals surface area (Å²) in [5, 5.41) is 11.5. The molecule has 0 spiro atoms. The summed E-state index contributed by atoms with van der Waals surface area (Å²) in [5.41, 5.74) is 1.81. The van der Waals surface area contributed by atoms with E-state index in [4.69, 9.17) is 9.25 Å². The largest absolute Gasteiger partial charge is 0.434 e. The highest BCUT2D eigenvalue weighted by molar-refractivity contribution is 5.93. The van der Waals surface area contributed by atoms with Gasteiger partial charge in [0.25, 0.3) is 5.91 Å². The normalized spacial score (nSPS) is 13.8. The Bertz CT molecular complexity index is 707. The number of aryl methyl sites for hydroxylation is 1. The van der Waals surface area contributed by atoms with Crippen molar-refractivity contribution in [3.8, 4) is 5.75 Å². The number of anilines is 1. The number of hydrogen-bond donors (Lipinski definition) is 0. The van der Waals surface area contributed by atoms with Crippen molar-refractivity contribution in [1.82, 2.24) is 0 Å². The summed E-state index contributed by atoms with van der Waals surface area (Å²) >= 11 is 0. The first-order valence-corrected chi connectivity index (χ1v) is 5.89. The standard InChI is InChI=1S/C13H10N2O5/c1-8-2-3-10-9(6-8)7-11(16)14(20-10)12-4-5-13(19-12)15(17)18/h2-6H,7H2,1H3. The van der Waals surface area contributed by atoms with Gasteiger partial charge in [-0.1, -0.05) is 17.7 Å². The Hall–Kier alpha value is -2.83. The predicted octanol–water partition coefficient (Wildman–Crippen LogP) is 2.38. The minimum Gasteiger partial charge on any atom is -0.381 e. The van der Waals surface area contributed by atoms with Gasteiger partial charge in [0, 0.05) is 11.6 Å². The lowest BCUT2D eigenvalue weighted by Crippen LogP contribution is -2.38. The van der Waals surface area contributed by atoms with Gasteiger partial charge < -0.3 is 9.25 Å². The molecule has 1 amide bonds. The van der Waals surface area contributed by atoms with Gasteiger partial charge in [-0.25, -0.2) is 0 Å². The van der Waals surface area contributed by atoms with Gasteiger partial charge >= 0.3 is 5.88 Å². The molecule has 102 valence electrons. The van der Waals surface area contributed by atoms with Crippen LogP contribution in [0.2, 0.25) is 0 Å². The number of nitrogens with zero attached hydrogens (tertiary/aromatic N) is 2. The second-order valence-electron chi connectivity index (χ2n) is 4.44.